The van der Waals surface area contributed by atoms with Crippen LogP contribution in [0.3, 0.4) is 0 Å². The molecular formula is C8H8N2O3S. The molecule has 0 saturated heterocycles. The van der Waals surface area contributed by atoms with Gasteiger partial charge in [-0.1, -0.05) is 0 Å². The van der Waals surface area contributed by atoms with Crippen molar-refractivity contribution in [2.45, 2.75) is 0 Å². The first-order chi connectivity index (χ1) is 6.63. The lowest BCUT2D eigenvalue weighted by molar-refractivity contribution is -0.117. The molecule has 3 N–H and O–H groups in total. The zero-order valence-corrected chi connectivity index (χ0v) is 7.97. The van der Waals surface area contributed by atoms with Gasteiger partial charge in [0.1, 0.15) is 0 Å². The second kappa shape index (κ2) is 4.52. The molecule has 0 aliphatic carbocycles. The van der Waals surface area contributed by atoms with E-state index in [9.17, 15) is 14.4 Å². The van der Waals surface area contributed by atoms with Gasteiger partial charge in [0.25, 0.3) is 5.91 Å². The average molecular weight is 212 g/mol. The molecule has 1 aromatic heterocycles. The number of amides is 2. The summed E-state index contributed by atoms with van der Waals surface area (Å²) in [6.07, 6.45) is 0.662. The molecule has 0 aliphatic heterocycles. The topological polar surface area (TPSA) is 89.3 Å². The Hall–Kier alpha value is -1.69. The van der Waals surface area contributed by atoms with E-state index in [1.54, 1.807) is 0 Å². The van der Waals surface area contributed by atoms with E-state index in [1.807, 2.05) is 0 Å². The van der Waals surface area contributed by atoms with E-state index in [0.29, 0.717) is 16.0 Å². The van der Waals surface area contributed by atoms with Crippen molar-refractivity contribution in [1.82, 2.24) is 5.32 Å². The Morgan fingerprint density at radius 3 is 2.71 bits per heavy atom. The molecule has 0 atom stereocenters. The second-order valence-corrected chi connectivity index (χ2v) is 3.58. The van der Waals surface area contributed by atoms with Crippen LogP contribution in [0.5, 0.6) is 0 Å². The van der Waals surface area contributed by atoms with Crippen molar-refractivity contribution in [3.8, 4) is 0 Å². The summed E-state index contributed by atoms with van der Waals surface area (Å²) >= 11 is 1.06. The quantitative estimate of drug-likeness (QED) is 0.676. The van der Waals surface area contributed by atoms with E-state index in [0.717, 1.165) is 11.3 Å². The van der Waals surface area contributed by atoms with Crippen molar-refractivity contribution in [3.05, 3.63) is 21.9 Å². The monoisotopic (exact) mass is 212 g/mol. The Labute approximate surface area is 83.9 Å². The highest BCUT2D eigenvalue weighted by Crippen LogP contribution is 2.13. The third-order valence-electron chi connectivity index (χ3n) is 1.39. The Morgan fingerprint density at radius 2 is 2.21 bits per heavy atom. The normalized spacial score (nSPS) is 9.43. The van der Waals surface area contributed by atoms with Gasteiger partial charge in [-0.2, -0.15) is 0 Å². The zero-order valence-electron chi connectivity index (χ0n) is 7.15. The third kappa shape index (κ3) is 2.67. The predicted octanol–water partition coefficient (Wildman–Crippen LogP) is -0.224. The molecule has 0 aromatic carbocycles. The number of thiophene rings is 1. The van der Waals surface area contributed by atoms with Gasteiger partial charge in [-0.3, -0.25) is 14.4 Å². The molecule has 6 heteroatoms. The number of carbonyl (C=O) groups is 3. The number of carbonyl (C=O) groups excluding carboxylic acids is 3. The number of hydrogen-bond donors (Lipinski definition) is 2. The maximum absolute atomic E-state index is 11.3. The Balaban J connectivity index is 2.60. The van der Waals surface area contributed by atoms with Gasteiger partial charge in [0.2, 0.25) is 5.91 Å². The number of hydrogen-bond acceptors (Lipinski definition) is 4. The molecule has 1 heterocycles. The summed E-state index contributed by atoms with van der Waals surface area (Å²) in [6.45, 7) is -0.201. The van der Waals surface area contributed by atoms with Crippen molar-refractivity contribution >= 4 is 29.4 Å². The van der Waals surface area contributed by atoms with Crippen LogP contribution in [0.2, 0.25) is 0 Å². The van der Waals surface area contributed by atoms with Crippen LogP contribution >= 0.6 is 11.3 Å². The molecule has 74 valence electrons. The van der Waals surface area contributed by atoms with Crippen LogP contribution in [0.15, 0.2) is 12.1 Å². The Bertz CT molecular complexity index is 372. The van der Waals surface area contributed by atoms with Crippen molar-refractivity contribution in [3.63, 3.8) is 0 Å². The van der Waals surface area contributed by atoms with Crippen LogP contribution in [0, 0.1) is 0 Å². The van der Waals surface area contributed by atoms with E-state index in [1.165, 1.54) is 12.1 Å². The van der Waals surface area contributed by atoms with Gasteiger partial charge < -0.3 is 11.1 Å². The molecule has 1 rings (SSSR count). The van der Waals surface area contributed by atoms with Crippen molar-refractivity contribution in [2.24, 2.45) is 5.73 Å². The minimum absolute atomic E-state index is 0.201. The van der Waals surface area contributed by atoms with Crippen molar-refractivity contribution in [1.29, 1.82) is 0 Å². The van der Waals surface area contributed by atoms with Gasteiger partial charge >= 0.3 is 0 Å². The van der Waals surface area contributed by atoms with Gasteiger partial charge in [0, 0.05) is 0 Å². The lowest BCUT2D eigenvalue weighted by Gasteiger charge is -1.98. The Kier molecular flexibility index (Phi) is 3.35. The number of rotatable bonds is 4. The summed E-state index contributed by atoms with van der Waals surface area (Å²) in [5, 5.41) is 2.32. The highest BCUT2D eigenvalue weighted by atomic mass is 32.1. The van der Waals surface area contributed by atoms with Crippen molar-refractivity contribution in [2.75, 3.05) is 6.54 Å². The van der Waals surface area contributed by atoms with Crippen LogP contribution in [0.25, 0.3) is 0 Å². The second-order valence-electron chi connectivity index (χ2n) is 2.47. The molecule has 2 amide bonds. The van der Waals surface area contributed by atoms with E-state index < -0.39 is 11.8 Å². The lowest BCUT2D eigenvalue weighted by Crippen LogP contribution is -2.32. The first-order valence-corrected chi connectivity index (χ1v) is 4.56. The number of nitrogens with two attached hydrogens (primary N) is 1. The first kappa shape index (κ1) is 10.4. The van der Waals surface area contributed by atoms with Crippen molar-refractivity contribution < 1.29 is 14.4 Å². The van der Waals surface area contributed by atoms with Crippen LogP contribution in [-0.4, -0.2) is 24.6 Å². The molecule has 0 radical (unpaired) electrons. The summed E-state index contributed by atoms with van der Waals surface area (Å²) in [5.41, 5.74) is 4.84. The molecule has 0 saturated carbocycles. The molecule has 1 aromatic rings. The van der Waals surface area contributed by atoms with Gasteiger partial charge in [0.05, 0.1) is 16.3 Å². The SMILES string of the molecule is NC(=O)CNC(=O)c1ccc(C=O)s1. The summed E-state index contributed by atoms with van der Waals surface area (Å²) in [7, 11) is 0. The number of aldehydes is 1. The number of primary amides is 1. The van der Waals surface area contributed by atoms with E-state index in [2.05, 4.69) is 5.32 Å². The molecule has 0 spiro atoms. The molecule has 0 unspecified atom stereocenters. The molecule has 0 bridgehead atoms. The minimum Gasteiger partial charge on any atom is -0.368 e. The van der Waals surface area contributed by atoms with Gasteiger partial charge in [-0.25, -0.2) is 0 Å². The molecule has 5 nitrogen and oxygen atoms in total. The van der Waals surface area contributed by atoms with Gasteiger partial charge in [-0.05, 0) is 12.1 Å². The fraction of sp³-hybridized carbons (Fsp3) is 0.125. The largest absolute Gasteiger partial charge is 0.368 e. The standard InChI is InChI=1S/C8H8N2O3S/c9-7(12)3-10-8(13)6-2-1-5(4-11)14-6/h1-2,4H,3H2,(H2,9,12)(H,10,13). The van der Waals surface area contributed by atoms with E-state index in [4.69, 9.17) is 5.73 Å². The highest BCUT2D eigenvalue weighted by molar-refractivity contribution is 7.15. The first-order valence-electron chi connectivity index (χ1n) is 3.75. The maximum atomic E-state index is 11.3. The summed E-state index contributed by atoms with van der Waals surface area (Å²) in [6, 6.07) is 3.06. The molecule has 14 heavy (non-hydrogen) atoms. The number of nitrogens with one attached hydrogen (secondary N) is 1. The van der Waals surface area contributed by atoms with Crippen LogP contribution < -0.4 is 11.1 Å². The summed E-state index contributed by atoms with van der Waals surface area (Å²) in [4.78, 5) is 32.8. The molecule has 0 aliphatic rings. The third-order valence-corrected chi connectivity index (χ3v) is 2.40. The summed E-state index contributed by atoms with van der Waals surface area (Å²) in [5.74, 6) is -1.01. The zero-order chi connectivity index (χ0) is 10.6. The minimum atomic E-state index is -0.606. The fourth-order valence-corrected chi connectivity index (χ4v) is 1.53. The van der Waals surface area contributed by atoms with E-state index in [-0.39, 0.29) is 6.54 Å². The maximum Gasteiger partial charge on any atom is 0.261 e. The predicted molar refractivity (Wildman–Crippen MR) is 51.2 cm³/mol. The smallest absolute Gasteiger partial charge is 0.261 e. The van der Waals surface area contributed by atoms with Crippen LogP contribution in [0.1, 0.15) is 19.3 Å². The van der Waals surface area contributed by atoms with E-state index >= 15 is 0 Å². The molecule has 0 fully saturated rings. The Morgan fingerprint density at radius 1 is 1.50 bits per heavy atom. The highest BCUT2D eigenvalue weighted by Gasteiger charge is 2.08. The van der Waals surface area contributed by atoms with Gasteiger partial charge in [-0.15, -0.1) is 11.3 Å². The fourth-order valence-electron chi connectivity index (χ4n) is 0.793. The molecular weight excluding hydrogens is 204 g/mol. The van der Waals surface area contributed by atoms with Gasteiger partial charge in [0.15, 0.2) is 6.29 Å². The lowest BCUT2D eigenvalue weighted by atomic mass is 10.4. The van der Waals surface area contributed by atoms with Crippen LogP contribution in [0.4, 0.5) is 0 Å². The average Bonchev–Trinajstić information content (AvgIpc) is 2.62. The summed E-state index contributed by atoms with van der Waals surface area (Å²) < 4.78 is 0. The van der Waals surface area contributed by atoms with Crippen LogP contribution in [-0.2, 0) is 4.79 Å².